The minimum absolute atomic E-state index is 0.0651. The first-order valence-corrected chi connectivity index (χ1v) is 5.73. The van der Waals surface area contributed by atoms with E-state index in [-0.39, 0.29) is 5.60 Å². The SMILES string of the molecule is CCNOCCOC(CC)(CC)CC. The van der Waals surface area contributed by atoms with Crippen molar-refractivity contribution in [2.75, 3.05) is 19.8 Å². The van der Waals surface area contributed by atoms with E-state index in [4.69, 9.17) is 9.57 Å². The van der Waals surface area contributed by atoms with Crippen molar-refractivity contribution in [2.45, 2.75) is 52.6 Å². The second-order valence-corrected chi connectivity index (χ2v) is 3.44. The molecule has 0 bridgehead atoms. The van der Waals surface area contributed by atoms with Crippen molar-refractivity contribution >= 4 is 0 Å². The predicted molar refractivity (Wildman–Crippen MR) is 59.2 cm³/mol. The Bertz CT molecular complexity index is 116. The van der Waals surface area contributed by atoms with E-state index in [0.29, 0.717) is 13.2 Å². The van der Waals surface area contributed by atoms with Gasteiger partial charge in [0.2, 0.25) is 0 Å². The van der Waals surface area contributed by atoms with Crippen LogP contribution in [-0.2, 0) is 9.57 Å². The fraction of sp³-hybridized carbons (Fsp3) is 1.00. The molecule has 0 aliphatic rings. The van der Waals surface area contributed by atoms with Gasteiger partial charge in [0.15, 0.2) is 0 Å². The Morgan fingerprint density at radius 2 is 1.50 bits per heavy atom. The van der Waals surface area contributed by atoms with Gasteiger partial charge in [0.1, 0.15) is 0 Å². The molecule has 0 rings (SSSR count). The van der Waals surface area contributed by atoms with Gasteiger partial charge >= 0.3 is 0 Å². The van der Waals surface area contributed by atoms with Crippen molar-refractivity contribution in [3.8, 4) is 0 Å². The third-order valence-corrected chi connectivity index (χ3v) is 2.77. The summed E-state index contributed by atoms with van der Waals surface area (Å²) in [5, 5.41) is 0. The van der Waals surface area contributed by atoms with Gasteiger partial charge in [0, 0.05) is 6.54 Å². The lowest BCUT2D eigenvalue weighted by molar-refractivity contribution is -0.0873. The monoisotopic (exact) mass is 203 g/mol. The van der Waals surface area contributed by atoms with Gasteiger partial charge in [-0.25, -0.2) is 5.48 Å². The summed E-state index contributed by atoms with van der Waals surface area (Å²) in [7, 11) is 0. The van der Waals surface area contributed by atoms with Gasteiger partial charge in [-0.2, -0.15) is 0 Å². The number of rotatable bonds is 9. The summed E-state index contributed by atoms with van der Waals surface area (Å²) in [6, 6.07) is 0. The molecule has 0 radical (unpaired) electrons. The number of ether oxygens (including phenoxy) is 1. The van der Waals surface area contributed by atoms with Crippen LogP contribution in [0.2, 0.25) is 0 Å². The van der Waals surface area contributed by atoms with E-state index in [1.807, 2.05) is 6.92 Å². The first-order chi connectivity index (χ1) is 6.74. The molecule has 0 unspecified atom stereocenters. The van der Waals surface area contributed by atoms with E-state index in [0.717, 1.165) is 25.8 Å². The Labute approximate surface area is 88.1 Å². The third kappa shape index (κ3) is 4.94. The zero-order valence-electron chi connectivity index (χ0n) is 10.1. The molecule has 0 fully saturated rings. The quantitative estimate of drug-likeness (QED) is 0.461. The highest BCUT2D eigenvalue weighted by molar-refractivity contribution is 4.75. The van der Waals surface area contributed by atoms with E-state index in [2.05, 4.69) is 26.3 Å². The van der Waals surface area contributed by atoms with Gasteiger partial charge in [-0.05, 0) is 19.3 Å². The summed E-state index contributed by atoms with van der Waals surface area (Å²) in [5.74, 6) is 0. The summed E-state index contributed by atoms with van der Waals surface area (Å²) >= 11 is 0. The smallest absolute Gasteiger partial charge is 0.0916 e. The summed E-state index contributed by atoms with van der Waals surface area (Å²) < 4.78 is 5.86. The summed E-state index contributed by atoms with van der Waals surface area (Å²) in [6.07, 6.45) is 3.21. The summed E-state index contributed by atoms with van der Waals surface area (Å²) in [5.41, 5.74) is 2.87. The third-order valence-electron chi connectivity index (χ3n) is 2.77. The van der Waals surface area contributed by atoms with Gasteiger partial charge in [0.05, 0.1) is 18.8 Å². The Morgan fingerprint density at radius 1 is 0.929 bits per heavy atom. The van der Waals surface area contributed by atoms with Gasteiger partial charge in [-0.1, -0.05) is 27.7 Å². The first-order valence-electron chi connectivity index (χ1n) is 5.73. The lowest BCUT2D eigenvalue weighted by atomic mass is 9.94. The van der Waals surface area contributed by atoms with Crippen LogP contribution in [0, 0.1) is 0 Å². The van der Waals surface area contributed by atoms with Crippen LogP contribution in [-0.4, -0.2) is 25.4 Å². The van der Waals surface area contributed by atoms with Crippen LogP contribution >= 0.6 is 0 Å². The van der Waals surface area contributed by atoms with E-state index >= 15 is 0 Å². The Kier molecular flexibility index (Phi) is 8.14. The largest absolute Gasteiger partial charge is 0.373 e. The minimum atomic E-state index is 0.0651. The molecule has 0 aromatic carbocycles. The summed E-state index contributed by atoms with van der Waals surface area (Å²) in [6.45, 7) is 10.7. The fourth-order valence-electron chi connectivity index (χ4n) is 1.53. The highest BCUT2D eigenvalue weighted by Crippen LogP contribution is 2.23. The highest BCUT2D eigenvalue weighted by atomic mass is 16.7. The molecule has 1 N–H and O–H groups in total. The number of hydroxylamine groups is 1. The van der Waals surface area contributed by atoms with E-state index in [1.54, 1.807) is 0 Å². The van der Waals surface area contributed by atoms with Crippen molar-refractivity contribution in [3.05, 3.63) is 0 Å². The molecule has 14 heavy (non-hydrogen) atoms. The van der Waals surface area contributed by atoms with E-state index in [9.17, 15) is 0 Å². The lowest BCUT2D eigenvalue weighted by Gasteiger charge is -2.30. The van der Waals surface area contributed by atoms with Crippen molar-refractivity contribution in [3.63, 3.8) is 0 Å². The van der Waals surface area contributed by atoms with Crippen LogP contribution in [0.15, 0.2) is 0 Å². The maximum atomic E-state index is 5.86. The zero-order chi connectivity index (χ0) is 10.9. The molecule has 3 nitrogen and oxygen atoms in total. The van der Waals surface area contributed by atoms with Crippen LogP contribution in [0.3, 0.4) is 0 Å². The fourth-order valence-corrected chi connectivity index (χ4v) is 1.53. The molecule has 0 aromatic heterocycles. The molecule has 0 saturated carbocycles. The van der Waals surface area contributed by atoms with Gasteiger partial charge < -0.3 is 4.74 Å². The van der Waals surface area contributed by atoms with Crippen molar-refractivity contribution in [1.29, 1.82) is 0 Å². The molecule has 0 heterocycles. The Balaban J connectivity index is 3.61. The van der Waals surface area contributed by atoms with Crippen LogP contribution in [0.1, 0.15) is 47.0 Å². The molecule has 0 aromatic rings. The minimum Gasteiger partial charge on any atom is -0.373 e. The van der Waals surface area contributed by atoms with Crippen molar-refractivity contribution in [2.24, 2.45) is 0 Å². The molecule has 0 aliphatic carbocycles. The van der Waals surface area contributed by atoms with Crippen molar-refractivity contribution < 1.29 is 9.57 Å². The van der Waals surface area contributed by atoms with E-state index < -0.39 is 0 Å². The van der Waals surface area contributed by atoms with Crippen LogP contribution in [0.4, 0.5) is 0 Å². The lowest BCUT2D eigenvalue weighted by Crippen LogP contribution is -2.32. The molecular weight excluding hydrogens is 178 g/mol. The second kappa shape index (κ2) is 8.21. The average molecular weight is 203 g/mol. The highest BCUT2D eigenvalue weighted by Gasteiger charge is 2.23. The molecule has 0 spiro atoms. The first kappa shape index (κ1) is 13.9. The number of hydrogen-bond acceptors (Lipinski definition) is 3. The van der Waals surface area contributed by atoms with E-state index in [1.165, 1.54) is 0 Å². The molecule has 0 atom stereocenters. The predicted octanol–water partition coefficient (Wildman–Crippen LogP) is 2.51. The zero-order valence-corrected chi connectivity index (χ0v) is 10.1. The molecule has 3 heteroatoms. The maximum absolute atomic E-state index is 5.86. The van der Waals surface area contributed by atoms with Gasteiger partial charge in [-0.3, -0.25) is 4.84 Å². The number of nitrogens with one attached hydrogen (secondary N) is 1. The van der Waals surface area contributed by atoms with Crippen LogP contribution < -0.4 is 5.48 Å². The summed E-state index contributed by atoms with van der Waals surface area (Å²) in [4.78, 5) is 5.14. The van der Waals surface area contributed by atoms with Crippen LogP contribution in [0.5, 0.6) is 0 Å². The maximum Gasteiger partial charge on any atom is 0.0916 e. The second-order valence-electron chi connectivity index (χ2n) is 3.44. The van der Waals surface area contributed by atoms with Gasteiger partial charge in [-0.15, -0.1) is 0 Å². The van der Waals surface area contributed by atoms with Gasteiger partial charge in [0.25, 0.3) is 0 Å². The Hall–Kier alpha value is -0.120. The topological polar surface area (TPSA) is 30.5 Å². The molecule has 0 aliphatic heterocycles. The van der Waals surface area contributed by atoms with Crippen molar-refractivity contribution in [1.82, 2.24) is 5.48 Å². The standard InChI is InChI=1S/C11H25NO2/c1-5-11(6-2,7-3)13-9-10-14-12-8-4/h12H,5-10H2,1-4H3. The normalized spacial score (nSPS) is 12.0. The molecule has 0 amide bonds. The molecule has 0 saturated heterocycles. The Morgan fingerprint density at radius 3 is 1.93 bits per heavy atom. The number of hydrogen-bond donors (Lipinski definition) is 1. The molecule has 86 valence electrons. The molecular formula is C11H25NO2. The average Bonchev–Trinajstić information content (AvgIpc) is 2.24. The van der Waals surface area contributed by atoms with Crippen LogP contribution in [0.25, 0.3) is 0 Å².